The molecule has 8 nitrogen and oxygen atoms in total. The summed E-state index contributed by atoms with van der Waals surface area (Å²) in [6.45, 7) is 1.89. The molecule has 0 saturated heterocycles. The third-order valence-corrected chi connectivity index (χ3v) is 4.34. The van der Waals surface area contributed by atoms with E-state index in [1.165, 1.54) is 12.1 Å². The van der Waals surface area contributed by atoms with Crippen molar-refractivity contribution in [1.82, 2.24) is 14.5 Å². The predicted molar refractivity (Wildman–Crippen MR) is 101 cm³/mol. The number of nitrogens with two attached hydrogens (primary N) is 1. The van der Waals surface area contributed by atoms with Crippen molar-refractivity contribution in [3.05, 3.63) is 59.7 Å². The number of carboxylic acid groups (broad SMARTS) is 1. The number of carboxylic acids is 1. The van der Waals surface area contributed by atoms with Gasteiger partial charge in [-0.05, 0) is 36.8 Å². The first kappa shape index (κ1) is 17.5. The molecule has 0 aliphatic carbocycles. The lowest BCUT2D eigenvalue weighted by atomic mass is 10.2. The third-order valence-electron chi connectivity index (χ3n) is 4.34. The van der Waals surface area contributed by atoms with Crippen molar-refractivity contribution in [1.29, 1.82) is 0 Å². The van der Waals surface area contributed by atoms with Crippen molar-refractivity contribution in [3.63, 3.8) is 0 Å². The van der Waals surface area contributed by atoms with E-state index >= 15 is 0 Å². The first-order valence-electron chi connectivity index (χ1n) is 8.56. The average molecular weight is 375 g/mol. The topological polar surface area (TPSA) is 123 Å². The van der Waals surface area contributed by atoms with E-state index in [9.17, 15) is 14.7 Å². The molecule has 2 heterocycles. The van der Waals surface area contributed by atoms with Crippen molar-refractivity contribution in [3.8, 4) is 5.69 Å². The van der Waals surface area contributed by atoms with Crippen LogP contribution >= 0.6 is 0 Å². The van der Waals surface area contributed by atoms with Gasteiger partial charge in [-0.3, -0.25) is 4.57 Å². The zero-order valence-electron chi connectivity index (χ0n) is 14.9. The summed E-state index contributed by atoms with van der Waals surface area (Å²) in [6, 6.07) is 13.2. The van der Waals surface area contributed by atoms with E-state index in [1.807, 2.05) is 12.1 Å². The number of rotatable bonds is 4. The minimum absolute atomic E-state index is 0.0286. The Morgan fingerprint density at radius 2 is 1.71 bits per heavy atom. The van der Waals surface area contributed by atoms with Gasteiger partial charge < -0.3 is 20.4 Å². The van der Waals surface area contributed by atoms with E-state index in [4.69, 9.17) is 10.5 Å². The number of benzene rings is 2. The van der Waals surface area contributed by atoms with Gasteiger partial charge in [0.15, 0.2) is 5.65 Å². The molecule has 2 N–H and O–H groups in total. The number of para-hydroxylation sites is 2. The number of hydrogen-bond acceptors (Lipinski definition) is 7. The number of aromatic carboxylic acids is 1. The van der Waals surface area contributed by atoms with E-state index in [0.29, 0.717) is 27.9 Å². The van der Waals surface area contributed by atoms with Crippen molar-refractivity contribution in [2.45, 2.75) is 6.92 Å². The van der Waals surface area contributed by atoms with Crippen LogP contribution in [0.25, 0.3) is 27.9 Å². The lowest BCUT2D eigenvalue weighted by Crippen LogP contribution is -2.22. The van der Waals surface area contributed by atoms with E-state index in [-0.39, 0.29) is 23.6 Å². The minimum Gasteiger partial charge on any atom is -0.545 e. The van der Waals surface area contributed by atoms with E-state index < -0.39 is 11.9 Å². The van der Waals surface area contributed by atoms with Gasteiger partial charge in [0.1, 0.15) is 16.9 Å². The van der Waals surface area contributed by atoms with Gasteiger partial charge in [-0.1, -0.05) is 24.3 Å². The van der Waals surface area contributed by atoms with Crippen LogP contribution in [-0.2, 0) is 4.74 Å². The van der Waals surface area contributed by atoms with Crippen LogP contribution in [0.2, 0.25) is 0 Å². The second-order valence-electron chi connectivity index (χ2n) is 6.03. The molecule has 0 unspecified atom stereocenters. The highest BCUT2D eigenvalue weighted by molar-refractivity contribution is 6.09. The molecule has 0 aliphatic rings. The van der Waals surface area contributed by atoms with Crippen molar-refractivity contribution < 1.29 is 19.4 Å². The van der Waals surface area contributed by atoms with Gasteiger partial charge in [0, 0.05) is 5.69 Å². The normalized spacial score (nSPS) is 11.0. The van der Waals surface area contributed by atoms with Crippen LogP contribution < -0.4 is 10.8 Å². The molecule has 2 aromatic heterocycles. The molecule has 140 valence electrons. The van der Waals surface area contributed by atoms with Crippen LogP contribution in [0.3, 0.4) is 0 Å². The van der Waals surface area contributed by atoms with Gasteiger partial charge in [-0.2, -0.15) is 0 Å². The van der Waals surface area contributed by atoms with Gasteiger partial charge in [0.05, 0.1) is 23.6 Å². The van der Waals surface area contributed by atoms with Gasteiger partial charge >= 0.3 is 5.97 Å². The summed E-state index contributed by atoms with van der Waals surface area (Å²) in [5, 5.41) is 11.0. The number of carbonyl (C=O) groups is 2. The molecule has 0 amide bonds. The van der Waals surface area contributed by atoms with Crippen LogP contribution in [-0.4, -0.2) is 33.1 Å². The fraction of sp³-hybridized carbons (Fsp3) is 0.100. The first-order chi connectivity index (χ1) is 13.5. The maximum atomic E-state index is 12.5. The lowest BCUT2D eigenvalue weighted by molar-refractivity contribution is -0.255. The fourth-order valence-electron chi connectivity index (χ4n) is 3.07. The summed E-state index contributed by atoms with van der Waals surface area (Å²) in [4.78, 5) is 32.7. The minimum atomic E-state index is -1.28. The van der Waals surface area contributed by atoms with Crippen LogP contribution in [0.15, 0.2) is 48.5 Å². The Balaban J connectivity index is 2.04. The van der Waals surface area contributed by atoms with E-state index in [2.05, 4.69) is 9.97 Å². The molecule has 4 rings (SSSR count). The Morgan fingerprint density at radius 3 is 2.32 bits per heavy atom. The number of anilines is 1. The lowest BCUT2D eigenvalue weighted by Gasteiger charge is -2.09. The van der Waals surface area contributed by atoms with Crippen LogP contribution in [0.5, 0.6) is 0 Å². The Kier molecular flexibility index (Phi) is 4.15. The summed E-state index contributed by atoms with van der Waals surface area (Å²) in [5.41, 5.74) is 8.92. The number of esters is 1. The second kappa shape index (κ2) is 6.66. The summed E-state index contributed by atoms with van der Waals surface area (Å²) in [5.74, 6) is -1.76. The van der Waals surface area contributed by atoms with Gasteiger partial charge in [-0.25, -0.2) is 14.8 Å². The molecule has 0 aliphatic heterocycles. The van der Waals surface area contributed by atoms with E-state index in [0.717, 1.165) is 0 Å². The molecule has 0 fully saturated rings. The van der Waals surface area contributed by atoms with Crippen LogP contribution in [0.1, 0.15) is 27.6 Å². The summed E-state index contributed by atoms with van der Waals surface area (Å²) in [6.07, 6.45) is 0. The zero-order valence-corrected chi connectivity index (χ0v) is 14.9. The molecule has 4 aromatic rings. The van der Waals surface area contributed by atoms with Gasteiger partial charge in [0.2, 0.25) is 0 Å². The van der Waals surface area contributed by atoms with Gasteiger partial charge in [0.25, 0.3) is 0 Å². The monoisotopic (exact) mass is 375 g/mol. The number of ether oxygens (including phenoxy) is 1. The average Bonchev–Trinajstić information content (AvgIpc) is 2.97. The molecule has 28 heavy (non-hydrogen) atoms. The number of carbonyl (C=O) groups excluding carboxylic acids is 2. The number of fused-ring (bicyclic) bond motifs is 2. The highest BCUT2D eigenvalue weighted by Gasteiger charge is 2.25. The largest absolute Gasteiger partial charge is 0.545 e. The Hall–Kier alpha value is -3.94. The molecule has 0 bridgehead atoms. The SMILES string of the molecule is CCOC(=O)c1c(N)n(-c2ccc(C(=O)[O-])cc2)c2nc3ccccc3nc12. The highest BCUT2D eigenvalue weighted by atomic mass is 16.5. The molecule has 2 aromatic carbocycles. The van der Waals surface area contributed by atoms with Crippen molar-refractivity contribution in [2.24, 2.45) is 0 Å². The maximum Gasteiger partial charge on any atom is 0.344 e. The molecule has 0 spiro atoms. The maximum absolute atomic E-state index is 12.5. The first-order valence-corrected chi connectivity index (χ1v) is 8.56. The number of nitrogen functional groups attached to an aromatic ring is 1. The quantitative estimate of drug-likeness (QED) is 0.538. The molecule has 0 radical (unpaired) electrons. The standard InChI is InChI=1S/C20H16N4O4/c1-2-28-20(27)15-16-18(23-14-6-4-3-5-13(14)22-16)24(17(15)21)12-9-7-11(8-10-12)19(25)26/h3-10H,2,21H2,1H3,(H,25,26)/p-1. The Bertz CT molecular complexity index is 1230. The summed E-state index contributed by atoms with van der Waals surface area (Å²) >= 11 is 0. The number of hydrogen-bond donors (Lipinski definition) is 1. The smallest absolute Gasteiger partial charge is 0.344 e. The highest BCUT2D eigenvalue weighted by Crippen LogP contribution is 2.31. The van der Waals surface area contributed by atoms with E-state index in [1.54, 1.807) is 35.8 Å². The summed E-state index contributed by atoms with van der Waals surface area (Å²) in [7, 11) is 0. The predicted octanol–water partition coefficient (Wildman–Crippen LogP) is 1.70. The molecule has 0 atom stereocenters. The van der Waals surface area contributed by atoms with Crippen molar-refractivity contribution >= 4 is 40.0 Å². The Morgan fingerprint density at radius 1 is 1.07 bits per heavy atom. The molecule has 8 heteroatoms. The fourth-order valence-corrected chi connectivity index (χ4v) is 3.07. The van der Waals surface area contributed by atoms with Crippen LogP contribution in [0, 0.1) is 0 Å². The van der Waals surface area contributed by atoms with Gasteiger partial charge in [-0.15, -0.1) is 0 Å². The van der Waals surface area contributed by atoms with Crippen molar-refractivity contribution in [2.75, 3.05) is 12.3 Å². The zero-order chi connectivity index (χ0) is 19.8. The molecular weight excluding hydrogens is 360 g/mol. The molecular formula is C20H15N4O4-. The molecule has 0 saturated carbocycles. The van der Waals surface area contributed by atoms with Crippen LogP contribution in [0.4, 0.5) is 5.82 Å². The Labute approximate surface area is 159 Å². The number of aromatic nitrogens is 3. The number of nitrogens with zero attached hydrogens (tertiary/aromatic N) is 3. The third kappa shape index (κ3) is 2.71. The second-order valence-corrected chi connectivity index (χ2v) is 6.03. The summed E-state index contributed by atoms with van der Waals surface area (Å²) < 4.78 is 6.70.